The smallest absolute Gasteiger partial charge is 0.336 e. The van der Waals surface area contributed by atoms with Crippen molar-refractivity contribution in [3.05, 3.63) is 31.5 Å². The fourth-order valence-electron chi connectivity index (χ4n) is 3.93. The van der Waals surface area contributed by atoms with Crippen LogP contribution < -0.4 is 33.0 Å². The molecule has 0 saturated heterocycles. The van der Waals surface area contributed by atoms with Crippen molar-refractivity contribution in [2.24, 2.45) is 0 Å². The van der Waals surface area contributed by atoms with Crippen molar-refractivity contribution in [1.82, 2.24) is 29.7 Å². The van der Waals surface area contributed by atoms with E-state index in [1.54, 1.807) is 0 Å². The van der Waals surface area contributed by atoms with E-state index in [-0.39, 0.29) is 0 Å². The summed E-state index contributed by atoms with van der Waals surface area (Å²) in [4.78, 5) is 39.9. The highest BCUT2D eigenvalue weighted by molar-refractivity contribution is 4.90. The lowest BCUT2D eigenvalue weighted by Crippen LogP contribution is -2.60. The van der Waals surface area contributed by atoms with Crippen molar-refractivity contribution in [3.8, 4) is 0 Å². The van der Waals surface area contributed by atoms with Crippen LogP contribution in [0.5, 0.6) is 0 Å². The normalized spacial score (nSPS) is 14.9. The second-order valence-corrected chi connectivity index (χ2v) is 11.0. The number of hydrogen-bond acceptors (Lipinski definition) is 18. The Bertz CT molecular complexity index is 981. The SMILES string of the molecule is O=c1n(C[C@H](O)CNC(CO)(CO)CO)c(=O)n(C[C@@H](O)CNC(CO)(CO)CO)c(=O)n1C[C@H](O)CNC(CO)(CO)CO. The average molecular weight is 661 g/mol. The highest BCUT2D eigenvalue weighted by Gasteiger charge is 2.31. The summed E-state index contributed by atoms with van der Waals surface area (Å²) in [6.45, 7) is -10.4. The molecule has 0 aliphatic carbocycles. The van der Waals surface area contributed by atoms with E-state index in [1.807, 2.05) is 0 Å². The molecule has 21 nitrogen and oxygen atoms in total. The van der Waals surface area contributed by atoms with E-state index >= 15 is 0 Å². The van der Waals surface area contributed by atoms with Gasteiger partial charge in [-0.2, -0.15) is 0 Å². The molecular formula is C24H48N6O15. The number of aromatic nitrogens is 3. The number of hydrogen-bond donors (Lipinski definition) is 15. The lowest BCUT2D eigenvalue weighted by molar-refractivity contribution is 0.0288. The Labute approximate surface area is 256 Å². The van der Waals surface area contributed by atoms with Crippen LogP contribution in [0, 0.1) is 0 Å². The molecule has 0 bridgehead atoms. The number of nitrogens with one attached hydrogen (secondary N) is 3. The van der Waals surface area contributed by atoms with Crippen molar-refractivity contribution in [2.75, 3.05) is 79.1 Å². The Balaban J connectivity index is 3.46. The third-order valence-electron chi connectivity index (χ3n) is 7.43. The van der Waals surface area contributed by atoms with E-state index in [2.05, 4.69) is 16.0 Å². The van der Waals surface area contributed by atoms with Crippen molar-refractivity contribution < 1.29 is 61.3 Å². The van der Waals surface area contributed by atoms with Gasteiger partial charge in [0.15, 0.2) is 0 Å². The fourth-order valence-corrected chi connectivity index (χ4v) is 3.93. The zero-order chi connectivity index (χ0) is 34.4. The second-order valence-electron chi connectivity index (χ2n) is 11.0. The highest BCUT2D eigenvalue weighted by Crippen LogP contribution is 2.04. The quantitative estimate of drug-likeness (QED) is 0.0489. The summed E-state index contributed by atoms with van der Waals surface area (Å²) < 4.78 is 1.27. The molecule has 0 spiro atoms. The minimum Gasteiger partial charge on any atom is -0.394 e. The number of nitrogens with zero attached hydrogens (tertiary/aromatic N) is 3. The standard InChI is InChI=1S/C24H48N6O15/c31-7-22(8-32,9-33)25-1-16(40)4-28-19(43)29(5-17(41)2-26-23(10-34,11-35)12-36)21(45)30(20(28)44)6-18(42)3-27-24(13-37,14-38)15-39/h16-18,25-27,31-42H,1-15H2/t16-,17-,18+/m1/s1. The van der Waals surface area contributed by atoms with Crippen LogP contribution in [0.3, 0.4) is 0 Å². The van der Waals surface area contributed by atoms with Crippen LogP contribution in [0.4, 0.5) is 0 Å². The zero-order valence-electron chi connectivity index (χ0n) is 24.8. The Morgan fingerprint density at radius 3 is 0.756 bits per heavy atom. The molecule has 1 rings (SSSR count). The van der Waals surface area contributed by atoms with Crippen molar-refractivity contribution >= 4 is 0 Å². The van der Waals surface area contributed by atoms with E-state index in [0.717, 1.165) is 0 Å². The highest BCUT2D eigenvalue weighted by atomic mass is 16.3. The van der Waals surface area contributed by atoms with Crippen LogP contribution in [0.15, 0.2) is 14.4 Å². The maximum Gasteiger partial charge on any atom is 0.336 e. The van der Waals surface area contributed by atoms with Gasteiger partial charge in [-0.25, -0.2) is 28.1 Å². The van der Waals surface area contributed by atoms with Crippen LogP contribution in [0.2, 0.25) is 0 Å². The first-order valence-corrected chi connectivity index (χ1v) is 14.0. The molecule has 0 aliphatic heterocycles. The van der Waals surface area contributed by atoms with Gasteiger partial charge in [0.1, 0.15) is 0 Å². The first-order chi connectivity index (χ1) is 21.2. The first kappa shape index (κ1) is 40.8. The van der Waals surface area contributed by atoms with E-state index in [0.29, 0.717) is 13.7 Å². The van der Waals surface area contributed by atoms with E-state index in [1.165, 1.54) is 0 Å². The van der Waals surface area contributed by atoms with E-state index in [4.69, 9.17) is 0 Å². The van der Waals surface area contributed by atoms with Gasteiger partial charge in [-0.3, -0.25) is 0 Å². The van der Waals surface area contributed by atoms with Gasteiger partial charge in [-0.15, -0.1) is 0 Å². The van der Waals surface area contributed by atoms with Gasteiger partial charge < -0.3 is 77.2 Å². The summed E-state index contributed by atoms with van der Waals surface area (Å²) in [5.41, 5.74) is -8.70. The number of β-amino-alcohol motifs (C(OH)–C–C–N with tert-alkyl or cyclic N) is 3. The maximum atomic E-state index is 13.3. The zero-order valence-corrected chi connectivity index (χ0v) is 24.8. The predicted molar refractivity (Wildman–Crippen MR) is 153 cm³/mol. The second kappa shape index (κ2) is 18.8. The van der Waals surface area contributed by atoms with Crippen LogP contribution in [0.25, 0.3) is 0 Å². The van der Waals surface area contributed by atoms with Crippen molar-refractivity contribution in [1.29, 1.82) is 0 Å². The minimum absolute atomic E-state index is 0.422. The van der Waals surface area contributed by atoms with Gasteiger partial charge in [0.05, 0.1) is 114 Å². The molecule has 0 aromatic carbocycles. The van der Waals surface area contributed by atoms with Crippen LogP contribution >= 0.6 is 0 Å². The predicted octanol–water partition coefficient (Wildman–Crippen LogP) is -10.8. The molecule has 1 aromatic rings. The largest absolute Gasteiger partial charge is 0.394 e. The molecule has 1 aromatic heterocycles. The van der Waals surface area contributed by atoms with E-state index < -0.39 is 151 Å². The van der Waals surface area contributed by atoms with Crippen LogP contribution in [0.1, 0.15) is 0 Å². The molecule has 0 radical (unpaired) electrons. The summed E-state index contributed by atoms with van der Waals surface area (Å²) in [7, 11) is 0. The van der Waals surface area contributed by atoms with Gasteiger partial charge >= 0.3 is 17.1 Å². The van der Waals surface area contributed by atoms with Gasteiger partial charge in [0, 0.05) is 19.6 Å². The van der Waals surface area contributed by atoms with Gasteiger partial charge in [0.2, 0.25) is 0 Å². The fraction of sp³-hybridized carbons (Fsp3) is 0.875. The third-order valence-corrected chi connectivity index (χ3v) is 7.43. The van der Waals surface area contributed by atoms with Gasteiger partial charge in [-0.1, -0.05) is 0 Å². The van der Waals surface area contributed by atoms with Crippen LogP contribution in [-0.2, 0) is 19.6 Å². The summed E-state index contributed by atoms with van der Waals surface area (Å²) in [5, 5.41) is 125. The molecule has 1 heterocycles. The molecule has 3 atom stereocenters. The Hall–Kier alpha value is -2.19. The molecular weight excluding hydrogens is 612 g/mol. The van der Waals surface area contributed by atoms with Crippen molar-refractivity contribution in [2.45, 2.75) is 54.6 Å². The lowest BCUT2D eigenvalue weighted by atomic mass is 10.0. The summed E-state index contributed by atoms with van der Waals surface area (Å²) in [5.74, 6) is 0. The van der Waals surface area contributed by atoms with Gasteiger partial charge in [0.25, 0.3) is 0 Å². The molecule has 45 heavy (non-hydrogen) atoms. The number of rotatable bonds is 24. The molecule has 0 aliphatic rings. The van der Waals surface area contributed by atoms with Crippen molar-refractivity contribution in [3.63, 3.8) is 0 Å². The lowest BCUT2D eigenvalue weighted by Gasteiger charge is -2.30. The molecule has 0 saturated carbocycles. The maximum absolute atomic E-state index is 13.3. The molecule has 15 N–H and O–H groups in total. The third kappa shape index (κ3) is 10.7. The summed E-state index contributed by atoms with van der Waals surface area (Å²) >= 11 is 0. The van der Waals surface area contributed by atoms with Crippen LogP contribution in [-0.4, -0.2) is 189 Å². The average Bonchev–Trinajstić information content (AvgIpc) is 3.06. The summed E-state index contributed by atoms with van der Waals surface area (Å²) in [6.07, 6.45) is -4.76. The Morgan fingerprint density at radius 1 is 0.422 bits per heavy atom. The first-order valence-electron chi connectivity index (χ1n) is 14.0. The molecule has 0 unspecified atom stereocenters. The van der Waals surface area contributed by atoms with E-state index in [9.17, 15) is 75.7 Å². The number of aliphatic hydroxyl groups is 12. The number of aliphatic hydroxyl groups excluding tert-OH is 12. The molecule has 0 amide bonds. The Kier molecular flexibility index (Phi) is 17.1. The monoisotopic (exact) mass is 660 g/mol. The minimum atomic E-state index is -1.61. The topological polar surface area (TPSA) is 345 Å². The molecule has 21 heteroatoms. The molecule has 0 fully saturated rings. The Morgan fingerprint density at radius 2 is 0.600 bits per heavy atom. The summed E-state index contributed by atoms with van der Waals surface area (Å²) in [6, 6.07) is 0. The molecule has 264 valence electrons. The van der Waals surface area contributed by atoms with Gasteiger partial charge in [-0.05, 0) is 0 Å².